The molecule has 1 aliphatic heterocycles. The largest absolute Gasteiger partial charge is 0.341 e. The minimum absolute atomic E-state index is 0.0332. The number of amides is 1. The van der Waals surface area contributed by atoms with Gasteiger partial charge in [0.2, 0.25) is 5.91 Å². The minimum atomic E-state index is -3.04. The number of sulfone groups is 1. The van der Waals surface area contributed by atoms with Crippen LogP contribution in [0.15, 0.2) is 42.3 Å². The summed E-state index contributed by atoms with van der Waals surface area (Å²) < 4.78 is 25.3. The average molecular weight is 422 g/mol. The van der Waals surface area contributed by atoms with Crippen LogP contribution >= 0.6 is 11.8 Å². The molecule has 0 unspecified atom stereocenters. The lowest BCUT2D eigenvalue weighted by molar-refractivity contribution is -0.130. The second-order valence-corrected chi connectivity index (χ2v) is 10.2. The highest BCUT2D eigenvalue weighted by atomic mass is 32.2. The first kappa shape index (κ1) is 20.5. The molecule has 3 heterocycles. The van der Waals surface area contributed by atoms with Crippen LogP contribution in [0.3, 0.4) is 0 Å². The Labute approximate surface area is 169 Å². The molecular weight excluding hydrogens is 398 g/mol. The molecular formula is C18H23N5O3S2. The molecule has 0 spiro atoms. The maximum atomic E-state index is 12.8. The van der Waals surface area contributed by atoms with Crippen LogP contribution in [0.2, 0.25) is 0 Å². The van der Waals surface area contributed by atoms with Crippen molar-refractivity contribution in [2.45, 2.75) is 36.3 Å². The van der Waals surface area contributed by atoms with Crippen molar-refractivity contribution in [1.82, 2.24) is 24.6 Å². The molecule has 150 valence electrons. The van der Waals surface area contributed by atoms with Crippen LogP contribution < -0.4 is 0 Å². The van der Waals surface area contributed by atoms with Crippen molar-refractivity contribution < 1.29 is 13.2 Å². The third-order valence-electron chi connectivity index (χ3n) is 4.70. The van der Waals surface area contributed by atoms with E-state index in [0.29, 0.717) is 23.9 Å². The Bertz CT molecular complexity index is 959. The Morgan fingerprint density at radius 1 is 1.43 bits per heavy atom. The van der Waals surface area contributed by atoms with Crippen LogP contribution in [0.5, 0.6) is 0 Å². The van der Waals surface area contributed by atoms with E-state index in [2.05, 4.69) is 21.8 Å². The van der Waals surface area contributed by atoms with Gasteiger partial charge in [0.1, 0.15) is 0 Å². The number of rotatable bonds is 7. The molecule has 2 aromatic rings. The Hall–Kier alpha value is -2.20. The summed E-state index contributed by atoms with van der Waals surface area (Å²) in [6, 6.07) is 3.43. The standard InChI is InChI=1S/C18H23N5O3S2/c1-4-10-23-16(14-5-8-19-9-6-14)20-21-18(23)27-13(2)17(24)22(3)15-7-11-28(25,26)12-15/h4-6,8-9,13,15H,1,7,10-12H2,2-3H3/t13-,15+/m1/s1. The number of carbonyl (C=O) groups is 1. The maximum Gasteiger partial charge on any atom is 0.235 e. The third-order valence-corrected chi connectivity index (χ3v) is 7.52. The molecule has 0 N–H and O–H groups in total. The zero-order chi connectivity index (χ0) is 20.3. The molecule has 1 amide bonds. The van der Waals surface area contributed by atoms with Gasteiger partial charge in [-0.25, -0.2) is 8.42 Å². The molecule has 0 saturated carbocycles. The average Bonchev–Trinajstić information content (AvgIpc) is 3.24. The van der Waals surface area contributed by atoms with E-state index < -0.39 is 15.1 Å². The zero-order valence-electron chi connectivity index (χ0n) is 15.9. The summed E-state index contributed by atoms with van der Waals surface area (Å²) in [7, 11) is -1.37. The fourth-order valence-electron chi connectivity index (χ4n) is 3.14. The smallest absolute Gasteiger partial charge is 0.235 e. The van der Waals surface area contributed by atoms with Crippen molar-refractivity contribution in [3.8, 4) is 11.4 Å². The number of hydrogen-bond acceptors (Lipinski definition) is 7. The van der Waals surface area contributed by atoms with Gasteiger partial charge in [0.15, 0.2) is 20.8 Å². The zero-order valence-corrected chi connectivity index (χ0v) is 17.5. The van der Waals surface area contributed by atoms with Crippen LogP contribution in [0.1, 0.15) is 13.3 Å². The first-order chi connectivity index (χ1) is 13.3. The number of hydrogen-bond donors (Lipinski definition) is 0. The van der Waals surface area contributed by atoms with Crippen molar-refractivity contribution in [1.29, 1.82) is 0 Å². The van der Waals surface area contributed by atoms with Crippen LogP contribution in [0, 0.1) is 0 Å². The highest BCUT2D eigenvalue weighted by Crippen LogP contribution is 2.28. The van der Waals surface area contributed by atoms with Crippen molar-refractivity contribution >= 4 is 27.5 Å². The number of thioether (sulfide) groups is 1. The molecule has 2 aromatic heterocycles. The Morgan fingerprint density at radius 3 is 2.75 bits per heavy atom. The van der Waals surface area contributed by atoms with Crippen molar-refractivity contribution in [3.05, 3.63) is 37.2 Å². The predicted octanol–water partition coefficient (Wildman–Crippen LogP) is 1.65. The molecule has 1 saturated heterocycles. The summed E-state index contributed by atoms with van der Waals surface area (Å²) in [5.41, 5.74) is 0.878. The summed E-state index contributed by atoms with van der Waals surface area (Å²) in [5, 5.41) is 8.71. The van der Waals surface area contributed by atoms with Gasteiger partial charge in [0.05, 0.1) is 16.8 Å². The molecule has 3 rings (SSSR count). The number of carbonyl (C=O) groups excluding carboxylic acids is 1. The number of allylic oxidation sites excluding steroid dienone is 1. The minimum Gasteiger partial charge on any atom is -0.341 e. The second-order valence-electron chi connectivity index (χ2n) is 6.71. The topological polar surface area (TPSA) is 98.1 Å². The molecule has 1 fully saturated rings. The van der Waals surface area contributed by atoms with Gasteiger partial charge in [-0.15, -0.1) is 16.8 Å². The van der Waals surface area contributed by atoms with Gasteiger partial charge in [-0.2, -0.15) is 0 Å². The van der Waals surface area contributed by atoms with Crippen molar-refractivity contribution in [2.24, 2.45) is 0 Å². The lowest BCUT2D eigenvalue weighted by Gasteiger charge is -2.26. The number of nitrogens with zero attached hydrogens (tertiary/aromatic N) is 5. The van der Waals surface area contributed by atoms with Gasteiger partial charge in [-0.05, 0) is 25.5 Å². The van der Waals surface area contributed by atoms with E-state index in [1.807, 2.05) is 16.7 Å². The molecule has 0 radical (unpaired) electrons. The monoisotopic (exact) mass is 421 g/mol. The van der Waals surface area contributed by atoms with Crippen molar-refractivity contribution in [2.75, 3.05) is 18.6 Å². The van der Waals surface area contributed by atoms with E-state index in [-0.39, 0.29) is 23.5 Å². The summed E-state index contributed by atoms with van der Waals surface area (Å²) >= 11 is 1.31. The van der Waals surface area contributed by atoms with E-state index in [1.165, 1.54) is 11.8 Å². The molecule has 8 nitrogen and oxygen atoms in total. The maximum absolute atomic E-state index is 12.8. The van der Waals surface area contributed by atoms with Crippen LogP contribution in [-0.2, 0) is 21.2 Å². The fraction of sp³-hybridized carbons (Fsp3) is 0.444. The number of pyridine rings is 1. The normalized spacial score (nSPS) is 19.3. The Balaban J connectivity index is 1.76. The van der Waals surface area contributed by atoms with Crippen LogP contribution in [-0.4, -0.2) is 68.8 Å². The van der Waals surface area contributed by atoms with E-state index in [0.717, 1.165) is 5.56 Å². The lowest BCUT2D eigenvalue weighted by Crippen LogP contribution is -2.41. The Morgan fingerprint density at radius 2 is 2.14 bits per heavy atom. The molecule has 0 aromatic carbocycles. The van der Waals surface area contributed by atoms with Gasteiger partial charge in [0, 0.05) is 37.6 Å². The van der Waals surface area contributed by atoms with Gasteiger partial charge in [-0.3, -0.25) is 14.3 Å². The van der Waals surface area contributed by atoms with Crippen LogP contribution in [0.25, 0.3) is 11.4 Å². The summed E-state index contributed by atoms with van der Waals surface area (Å²) in [5.74, 6) is 0.732. The van der Waals surface area contributed by atoms with E-state index in [1.54, 1.807) is 37.3 Å². The van der Waals surface area contributed by atoms with Crippen molar-refractivity contribution in [3.63, 3.8) is 0 Å². The molecule has 2 atom stereocenters. The van der Waals surface area contributed by atoms with Gasteiger partial charge in [0.25, 0.3) is 0 Å². The quantitative estimate of drug-likeness (QED) is 0.495. The fourth-order valence-corrected chi connectivity index (χ4v) is 5.87. The van der Waals surface area contributed by atoms with Crippen LogP contribution in [0.4, 0.5) is 0 Å². The summed E-state index contributed by atoms with van der Waals surface area (Å²) in [6.45, 7) is 6.09. The lowest BCUT2D eigenvalue weighted by atomic mass is 10.2. The van der Waals surface area contributed by atoms with Gasteiger partial charge in [-0.1, -0.05) is 17.8 Å². The van der Waals surface area contributed by atoms with E-state index in [4.69, 9.17) is 0 Å². The molecule has 28 heavy (non-hydrogen) atoms. The van der Waals surface area contributed by atoms with Gasteiger partial charge >= 0.3 is 0 Å². The molecule has 0 bridgehead atoms. The predicted molar refractivity (Wildman–Crippen MR) is 109 cm³/mol. The number of aromatic nitrogens is 4. The third kappa shape index (κ3) is 4.44. The molecule has 1 aliphatic rings. The first-order valence-corrected chi connectivity index (χ1v) is 11.6. The van der Waals surface area contributed by atoms with E-state index >= 15 is 0 Å². The Kier molecular flexibility index (Phi) is 6.19. The SMILES string of the molecule is C=CCn1c(S[C@H](C)C(=O)N(C)[C@H]2CCS(=O)(=O)C2)nnc1-c1ccncc1. The highest BCUT2D eigenvalue weighted by Gasteiger charge is 2.34. The summed E-state index contributed by atoms with van der Waals surface area (Å²) in [6.07, 6.45) is 5.61. The first-order valence-electron chi connectivity index (χ1n) is 8.90. The molecule has 0 aliphatic carbocycles. The summed E-state index contributed by atoms with van der Waals surface area (Å²) in [4.78, 5) is 18.4. The van der Waals surface area contributed by atoms with E-state index in [9.17, 15) is 13.2 Å². The highest BCUT2D eigenvalue weighted by molar-refractivity contribution is 8.00. The second kappa shape index (κ2) is 8.44. The molecule has 10 heteroatoms. The van der Waals surface area contributed by atoms with Gasteiger partial charge < -0.3 is 4.90 Å².